The molecule has 2 heterocycles. The lowest BCUT2D eigenvalue weighted by Crippen LogP contribution is -2.35. The van der Waals surface area contributed by atoms with Crippen LogP contribution < -0.4 is 0 Å². The van der Waals surface area contributed by atoms with E-state index in [9.17, 15) is 4.79 Å². The normalized spacial score (nSPS) is 17.1. The van der Waals surface area contributed by atoms with Crippen molar-refractivity contribution in [3.63, 3.8) is 0 Å². The van der Waals surface area contributed by atoms with E-state index in [-0.39, 0.29) is 5.91 Å². The molecule has 3 heteroatoms. The van der Waals surface area contributed by atoms with Crippen molar-refractivity contribution in [2.75, 3.05) is 13.1 Å². The number of carbonyl (C=O) groups excluding carboxylic acids is 1. The topological polar surface area (TPSA) is 36.1 Å². The van der Waals surface area contributed by atoms with E-state index in [0.29, 0.717) is 0 Å². The van der Waals surface area contributed by atoms with Gasteiger partial charge in [-0.3, -0.25) is 4.79 Å². The molecule has 1 aromatic heterocycles. The molecule has 3 nitrogen and oxygen atoms in total. The number of H-pyrrole nitrogens is 1. The summed E-state index contributed by atoms with van der Waals surface area (Å²) in [5.41, 5.74) is 1.69. The number of aromatic nitrogens is 1. The van der Waals surface area contributed by atoms with E-state index >= 15 is 0 Å². The van der Waals surface area contributed by atoms with Crippen molar-refractivity contribution in [1.82, 2.24) is 9.88 Å². The Hall–Kier alpha value is -1.25. The molecular weight excluding hydrogens is 176 g/mol. The maximum Gasteiger partial charge on any atom is 0.255 e. The van der Waals surface area contributed by atoms with Gasteiger partial charge in [-0.1, -0.05) is 0 Å². The number of piperidine rings is 1. The molecule has 1 saturated heterocycles. The van der Waals surface area contributed by atoms with Gasteiger partial charge in [0.15, 0.2) is 0 Å². The van der Waals surface area contributed by atoms with Crippen molar-refractivity contribution in [3.8, 4) is 0 Å². The molecule has 0 aliphatic carbocycles. The summed E-state index contributed by atoms with van der Waals surface area (Å²) >= 11 is 0. The second-order valence-electron chi connectivity index (χ2n) is 3.81. The molecule has 0 saturated carbocycles. The van der Waals surface area contributed by atoms with E-state index in [4.69, 9.17) is 0 Å². The number of likely N-dealkylation sites (tertiary alicyclic amines) is 1. The van der Waals surface area contributed by atoms with E-state index in [1.165, 1.54) is 6.42 Å². The van der Waals surface area contributed by atoms with Crippen molar-refractivity contribution < 1.29 is 4.79 Å². The van der Waals surface area contributed by atoms with E-state index in [1.807, 2.05) is 11.8 Å². The zero-order valence-electron chi connectivity index (χ0n) is 8.47. The number of aryl methyl sites for hydroxylation is 1. The molecule has 75 valence electrons. The summed E-state index contributed by atoms with van der Waals surface area (Å²) < 4.78 is 0. The molecule has 0 atom stereocenters. The molecule has 1 amide bonds. The fourth-order valence-electron chi connectivity index (χ4n) is 1.88. The first-order valence-corrected chi connectivity index (χ1v) is 5.14. The van der Waals surface area contributed by atoms with Crippen LogP contribution in [-0.4, -0.2) is 28.9 Å². The highest BCUT2D eigenvalue weighted by atomic mass is 16.2. The van der Waals surface area contributed by atoms with Crippen LogP contribution in [0.1, 0.15) is 35.2 Å². The van der Waals surface area contributed by atoms with Crippen LogP contribution >= 0.6 is 0 Å². The van der Waals surface area contributed by atoms with Crippen LogP contribution in [0.15, 0.2) is 6.20 Å². The molecule has 1 aromatic rings. The highest BCUT2D eigenvalue weighted by molar-refractivity contribution is 5.95. The van der Waals surface area contributed by atoms with Crippen LogP contribution in [0.3, 0.4) is 0 Å². The Labute approximate surface area is 84.1 Å². The van der Waals surface area contributed by atoms with Crippen molar-refractivity contribution in [2.45, 2.75) is 26.2 Å². The minimum absolute atomic E-state index is 0.153. The van der Waals surface area contributed by atoms with Crippen LogP contribution in [-0.2, 0) is 0 Å². The van der Waals surface area contributed by atoms with Crippen LogP contribution in [0.2, 0.25) is 0 Å². The molecule has 0 spiro atoms. The molecule has 1 N–H and O–H groups in total. The zero-order chi connectivity index (χ0) is 9.97. The third-order valence-corrected chi connectivity index (χ3v) is 2.75. The largest absolute Gasteiger partial charge is 0.359 e. The van der Waals surface area contributed by atoms with E-state index in [0.717, 1.165) is 37.1 Å². The van der Waals surface area contributed by atoms with Crippen molar-refractivity contribution in [1.29, 1.82) is 0 Å². The first-order chi connectivity index (χ1) is 6.79. The number of amides is 1. The SMILES string of the molecule is Cc1[c][nH]cc1C(=O)N1CCCCC1. The summed E-state index contributed by atoms with van der Waals surface area (Å²) in [5, 5.41) is 0. The summed E-state index contributed by atoms with van der Waals surface area (Å²) in [4.78, 5) is 16.8. The van der Waals surface area contributed by atoms with Crippen molar-refractivity contribution in [3.05, 3.63) is 23.5 Å². The molecule has 1 fully saturated rings. The Kier molecular flexibility index (Phi) is 2.57. The third-order valence-electron chi connectivity index (χ3n) is 2.75. The smallest absolute Gasteiger partial charge is 0.255 e. The average Bonchev–Trinajstić information content (AvgIpc) is 2.65. The quantitative estimate of drug-likeness (QED) is 0.721. The van der Waals surface area contributed by atoms with Crippen LogP contribution in [0, 0.1) is 13.1 Å². The van der Waals surface area contributed by atoms with E-state index in [1.54, 1.807) is 6.20 Å². The maximum absolute atomic E-state index is 12.0. The Bertz CT molecular complexity index is 324. The molecule has 14 heavy (non-hydrogen) atoms. The molecule has 1 aliphatic heterocycles. The van der Waals surface area contributed by atoms with Gasteiger partial charge in [-0.15, -0.1) is 0 Å². The van der Waals surface area contributed by atoms with Gasteiger partial charge in [0.2, 0.25) is 0 Å². The number of nitrogens with one attached hydrogen (secondary N) is 1. The number of carbonyl (C=O) groups is 1. The van der Waals surface area contributed by atoms with Crippen LogP contribution in [0.25, 0.3) is 0 Å². The lowest BCUT2D eigenvalue weighted by molar-refractivity contribution is 0.0724. The van der Waals surface area contributed by atoms with Crippen LogP contribution in [0.4, 0.5) is 0 Å². The number of rotatable bonds is 1. The second kappa shape index (κ2) is 3.86. The Morgan fingerprint density at radius 1 is 1.43 bits per heavy atom. The molecule has 0 bridgehead atoms. The van der Waals surface area contributed by atoms with Gasteiger partial charge in [0, 0.05) is 19.3 Å². The summed E-state index contributed by atoms with van der Waals surface area (Å²) in [6.45, 7) is 3.72. The number of hydrogen-bond acceptors (Lipinski definition) is 1. The Morgan fingerprint density at radius 2 is 2.14 bits per heavy atom. The first-order valence-electron chi connectivity index (χ1n) is 5.14. The van der Waals surface area contributed by atoms with E-state index < -0.39 is 0 Å². The third kappa shape index (κ3) is 1.67. The number of aromatic amines is 1. The predicted molar refractivity (Wildman–Crippen MR) is 54.1 cm³/mol. The Morgan fingerprint density at radius 3 is 2.71 bits per heavy atom. The summed E-state index contributed by atoms with van der Waals surface area (Å²) in [7, 11) is 0. The Balaban J connectivity index is 2.11. The lowest BCUT2D eigenvalue weighted by atomic mass is 10.1. The molecular formula is C11H15N2O. The average molecular weight is 191 g/mol. The molecule has 1 aliphatic rings. The summed E-state index contributed by atoms with van der Waals surface area (Å²) in [6.07, 6.45) is 8.19. The van der Waals surface area contributed by atoms with Gasteiger partial charge in [0.25, 0.3) is 5.91 Å². The number of nitrogens with zero attached hydrogens (tertiary/aromatic N) is 1. The molecule has 2 rings (SSSR count). The van der Waals surface area contributed by atoms with Gasteiger partial charge in [0.1, 0.15) is 0 Å². The van der Waals surface area contributed by atoms with Gasteiger partial charge in [0.05, 0.1) is 11.8 Å². The van der Waals surface area contributed by atoms with Crippen molar-refractivity contribution in [2.24, 2.45) is 0 Å². The number of hydrogen-bond donors (Lipinski definition) is 1. The standard InChI is InChI=1S/C11H15N2O/c1-9-7-12-8-10(9)11(14)13-5-3-2-4-6-13/h8,12H,2-6H2,1H3. The summed E-state index contributed by atoms with van der Waals surface area (Å²) in [6, 6.07) is 0. The minimum atomic E-state index is 0.153. The van der Waals surface area contributed by atoms with Gasteiger partial charge >= 0.3 is 0 Å². The second-order valence-corrected chi connectivity index (χ2v) is 3.81. The first kappa shape index (κ1) is 9.31. The molecule has 0 aromatic carbocycles. The predicted octanol–water partition coefficient (Wildman–Crippen LogP) is 1.75. The molecule has 1 radical (unpaired) electrons. The maximum atomic E-state index is 12.0. The van der Waals surface area contributed by atoms with E-state index in [2.05, 4.69) is 11.2 Å². The van der Waals surface area contributed by atoms with Gasteiger partial charge in [-0.05, 0) is 31.7 Å². The van der Waals surface area contributed by atoms with Gasteiger partial charge < -0.3 is 9.88 Å². The fraction of sp³-hybridized carbons (Fsp3) is 0.545. The highest BCUT2D eigenvalue weighted by Crippen LogP contribution is 2.14. The highest BCUT2D eigenvalue weighted by Gasteiger charge is 2.19. The van der Waals surface area contributed by atoms with Crippen LogP contribution in [0.5, 0.6) is 0 Å². The van der Waals surface area contributed by atoms with Gasteiger partial charge in [-0.25, -0.2) is 0 Å². The molecule has 0 unspecified atom stereocenters. The fourth-order valence-corrected chi connectivity index (χ4v) is 1.88. The van der Waals surface area contributed by atoms with Gasteiger partial charge in [-0.2, -0.15) is 0 Å². The monoisotopic (exact) mass is 191 g/mol. The summed E-state index contributed by atoms with van der Waals surface area (Å²) in [5.74, 6) is 0.153. The zero-order valence-corrected chi connectivity index (χ0v) is 8.47. The lowest BCUT2D eigenvalue weighted by Gasteiger charge is -2.26. The minimum Gasteiger partial charge on any atom is -0.359 e. The van der Waals surface area contributed by atoms with Crippen molar-refractivity contribution >= 4 is 5.91 Å².